The number of ether oxygens (including phenoxy) is 2. The molecule has 1 heterocycles. The van der Waals surface area contributed by atoms with Gasteiger partial charge < -0.3 is 14.6 Å². The van der Waals surface area contributed by atoms with Gasteiger partial charge in [-0.15, -0.1) is 0 Å². The van der Waals surface area contributed by atoms with Gasteiger partial charge in [0.05, 0.1) is 25.4 Å². The van der Waals surface area contributed by atoms with Crippen LogP contribution in [0.1, 0.15) is 37.5 Å². The summed E-state index contributed by atoms with van der Waals surface area (Å²) in [7, 11) is 1.67. The summed E-state index contributed by atoms with van der Waals surface area (Å²) < 4.78 is 11.1. The standard InChI is InChI=1S/C17H25NO3/c1-11-9-18(10-12(2)21-11)16-7-5-13-4-6-14(20-3)8-15(13)17(16)19/h4,6,8,11-12,16-17,19H,5,7,9-10H2,1-3H3/t11-,12+,16?,17?. The van der Waals surface area contributed by atoms with Crippen molar-refractivity contribution in [1.82, 2.24) is 4.90 Å². The van der Waals surface area contributed by atoms with Crippen LogP contribution < -0.4 is 4.74 Å². The Balaban J connectivity index is 1.82. The van der Waals surface area contributed by atoms with Gasteiger partial charge in [-0.3, -0.25) is 4.90 Å². The van der Waals surface area contributed by atoms with Gasteiger partial charge >= 0.3 is 0 Å². The lowest BCUT2D eigenvalue weighted by molar-refractivity contribution is -0.0989. The molecular weight excluding hydrogens is 266 g/mol. The Morgan fingerprint density at radius 2 is 1.95 bits per heavy atom. The first-order chi connectivity index (χ1) is 10.1. The van der Waals surface area contributed by atoms with Crippen LogP contribution in [0.4, 0.5) is 0 Å². The summed E-state index contributed by atoms with van der Waals surface area (Å²) in [5.41, 5.74) is 2.27. The zero-order valence-electron chi connectivity index (χ0n) is 13.1. The number of hydrogen-bond donors (Lipinski definition) is 1. The van der Waals surface area contributed by atoms with Crippen LogP contribution in [0.5, 0.6) is 5.75 Å². The van der Waals surface area contributed by atoms with Gasteiger partial charge in [0, 0.05) is 19.1 Å². The van der Waals surface area contributed by atoms with Gasteiger partial charge in [-0.05, 0) is 49.9 Å². The van der Waals surface area contributed by atoms with E-state index in [4.69, 9.17) is 9.47 Å². The molecule has 1 aromatic rings. The molecule has 0 amide bonds. The lowest BCUT2D eigenvalue weighted by atomic mass is 9.84. The van der Waals surface area contributed by atoms with Crippen molar-refractivity contribution < 1.29 is 14.6 Å². The van der Waals surface area contributed by atoms with Crippen LogP contribution in [-0.4, -0.2) is 48.5 Å². The number of morpholine rings is 1. The van der Waals surface area contributed by atoms with E-state index in [9.17, 15) is 5.11 Å². The summed E-state index contributed by atoms with van der Waals surface area (Å²) in [5.74, 6) is 0.817. The van der Waals surface area contributed by atoms with E-state index in [0.717, 1.165) is 37.2 Å². The molecule has 1 aliphatic carbocycles. The van der Waals surface area contributed by atoms with E-state index in [1.54, 1.807) is 7.11 Å². The molecule has 1 saturated heterocycles. The molecular formula is C17H25NO3. The van der Waals surface area contributed by atoms with Crippen molar-refractivity contribution in [3.63, 3.8) is 0 Å². The molecule has 3 rings (SSSR count). The smallest absolute Gasteiger partial charge is 0.119 e. The zero-order chi connectivity index (χ0) is 15.0. The van der Waals surface area contributed by atoms with E-state index in [0.29, 0.717) is 0 Å². The highest BCUT2D eigenvalue weighted by atomic mass is 16.5. The van der Waals surface area contributed by atoms with Crippen LogP contribution in [0, 0.1) is 0 Å². The SMILES string of the molecule is COc1ccc2c(c1)C(O)C(N1C[C@@H](C)O[C@@H](C)C1)CC2. The van der Waals surface area contributed by atoms with Gasteiger partial charge in [-0.2, -0.15) is 0 Å². The van der Waals surface area contributed by atoms with Crippen LogP contribution in [0.15, 0.2) is 18.2 Å². The maximum atomic E-state index is 10.8. The van der Waals surface area contributed by atoms with Crippen LogP contribution in [-0.2, 0) is 11.2 Å². The fraction of sp³-hybridized carbons (Fsp3) is 0.647. The predicted molar refractivity (Wildman–Crippen MR) is 81.6 cm³/mol. The molecule has 1 fully saturated rings. The highest BCUT2D eigenvalue weighted by molar-refractivity contribution is 5.39. The number of nitrogens with zero attached hydrogens (tertiary/aromatic N) is 1. The van der Waals surface area contributed by atoms with Crippen molar-refractivity contribution in [2.75, 3.05) is 20.2 Å². The van der Waals surface area contributed by atoms with E-state index in [1.165, 1.54) is 5.56 Å². The van der Waals surface area contributed by atoms with Crippen molar-refractivity contribution in [1.29, 1.82) is 0 Å². The van der Waals surface area contributed by atoms with Gasteiger partial charge in [-0.1, -0.05) is 6.07 Å². The summed E-state index contributed by atoms with van der Waals surface area (Å²) in [6, 6.07) is 6.22. The molecule has 0 spiro atoms. The van der Waals surface area contributed by atoms with E-state index in [1.807, 2.05) is 12.1 Å². The summed E-state index contributed by atoms with van der Waals surface area (Å²) >= 11 is 0. The zero-order valence-corrected chi connectivity index (χ0v) is 13.1. The van der Waals surface area contributed by atoms with Crippen molar-refractivity contribution >= 4 is 0 Å². The first-order valence-electron chi connectivity index (χ1n) is 7.83. The molecule has 0 saturated carbocycles. The van der Waals surface area contributed by atoms with Gasteiger partial charge in [0.25, 0.3) is 0 Å². The van der Waals surface area contributed by atoms with Crippen LogP contribution >= 0.6 is 0 Å². The van der Waals surface area contributed by atoms with Gasteiger partial charge in [0.1, 0.15) is 5.75 Å². The minimum atomic E-state index is -0.443. The van der Waals surface area contributed by atoms with E-state index in [2.05, 4.69) is 24.8 Å². The molecule has 1 N–H and O–H groups in total. The molecule has 0 radical (unpaired) electrons. The fourth-order valence-electron chi connectivity index (χ4n) is 3.74. The average molecular weight is 291 g/mol. The van der Waals surface area contributed by atoms with E-state index in [-0.39, 0.29) is 18.2 Å². The van der Waals surface area contributed by atoms with Crippen LogP contribution in [0.3, 0.4) is 0 Å². The second-order valence-corrected chi connectivity index (χ2v) is 6.33. The maximum absolute atomic E-state index is 10.8. The van der Waals surface area contributed by atoms with E-state index >= 15 is 0 Å². The predicted octanol–water partition coefficient (Wildman–Crippen LogP) is 2.15. The Bertz CT molecular complexity index is 495. The molecule has 1 aromatic carbocycles. The van der Waals surface area contributed by atoms with Gasteiger partial charge in [-0.25, -0.2) is 0 Å². The Morgan fingerprint density at radius 1 is 1.24 bits per heavy atom. The second-order valence-electron chi connectivity index (χ2n) is 6.33. The Hall–Kier alpha value is -1.10. The third kappa shape index (κ3) is 2.93. The average Bonchev–Trinajstić information content (AvgIpc) is 2.46. The molecule has 4 nitrogen and oxygen atoms in total. The number of aryl methyl sites for hydroxylation is 1. The van der Waals surface area contributed by atoms with Crippen molar-refractivity contribution in [2.45, 2.75) is 51.0 Å². The lowest BCUT2D eigenvalue weighted by Gasteiger charge is -2.44. The highest BCUT2D eigenvalue weighted by Gasteiger charge is 2.36. The Kier molecular flexibility index (Phi) is 4.20. The Labute approximate surface area is 126 Å². The number of aliphatic hydroxyl groups excluding tert-OH is 1. The number of methoxy groups -OCH3 is 1. The molecule has 4 heteroatoms. The van der Waals surface area contributed by atoms with Crippen molar-refractivity contribution in [2.24, 2.45) is 0 Å². The minimum absolute atomic E-state index is 0.179. The summed E-state index contributed by atoms with van der Waals surface area (Å²) in [6.07, 6.45) is 2.03. The fourth-order valence-corrected chi connectivity index (χ4v) is 3.74. The number of benzene rings is 1. The molecule has 0 aromatic heterocycles. The van der Waals surface area contributed by atoms with Crippen LogP contribution in [0.2, 0.25) is 0 Å². The normalized spacial score (nSPS) is 33.5. The third-order valence-corrected chi connectivity index (χ3v) is 4.66. The monoisotopic (exact) mass is 291 g/mol. The number of hydrogen-bond acceptors (Lipinski definition) is 4. The van der Waals surface area contributed by atoms with E-state index < -0.39 is 6.10 Å². The summed E-state index contributed by atoms with van der Waals surface area (Å²) in [5, 5.41) is 10.8. The van der Waals surface area contributed by atoms with Gasteiger partial charge in [0.2, 0.25) is 0 Å². The minimum Gasteiger partial charge on any atom is -0.497 e. The number of rotatable bonds is 2. The second kappa shape index (κ2) is 5.95. The maximum Gasteiger partial charge on any atom is 0.119 e. The first kappa shape index (κ1) is 14.8. The number of fused-ring (bicyclic) bond motifs is 1. The molecule has 116 valence electrons. The lowest BCUT2D eigenvalue weighted by Crippen LogP contribution is -2.52. The molecule has 2 unspecified atom stereocenters. The highest BCUT2D eigenvalue weighted by Crippen LogP contribution is 2.36. The van der Waals surface area contributed by atoms with Crippen molar-refractivity contribution in [3.05, 3.63) is 29.3 Å². The van der Waals surface area contributed by atoms with Crippen LogP contribution in [0.25, 0.3) is 0 Å². The molecule has 1 aliphatic heterocycles. The summed E-state index contributed by atoms with van der Waals surface area (Å²) in [4.78, 5) is 2.39. The third-order valence-electron chi connectivity index (χ3n) is 4.66. The van der Waals surface area contributed by atoms with Gasteiger partial charge in [0.15, 0.2) is 0 Å². The molecule has 2 aliphatic rings. The largest absolute Gasteiger partial charge is 0.497 e. The molecule has 0 bridgehead atoms. The summed E-state index contributed by atoms with van der Waals surface area (Å²) in [6.45, 7) is 6.00. The number of aliphatic hydroxyl groups is 1. The topological polar surface area (TPSA) is 41.9 Å². The quantitative estimate of drug-likeness (QED) is 0.906. The first-order valence-corrected chi connectivity index (χ1v) is 7.83. The van der Waals surface area contributed by atoms with Crippen molar-refractivity contribution in [3.8, 4) is 5.75 Å². The molecule has 21 heavy (non-hydrogen) atoms. The molecule has 4 atom stereocenters. The Morgan fingerprint density at radius 3 is 2.62 bits per heavy atom.